The summed E-state index contributed by atoms with van der Waals surface area (Å²) in [6, 6.07) is 8.47. The zero-order chi connectivity index (χ0) is 18.6. The van der Waals surface area contributed by atoms with Crippen LogP contribution in [0.25, 0.3) is 0 Å². The highest BCUT2D eigenvalue weighted by Gasteiger charge is 2.32. The van der Waals surface area contributed by atoms with E-state index >= 15 is 0 Å². The van der Waals surface area contributed by atoms with Crippen molar-refractivity contribution in [2.45, 2.75) is 6.36 Å². The number of carbonyl (C=O) groups excluding carboxylic acids is 1. The van der Waals surface area contributed by atoms with Crippen LogP contribution in [0.4, 0.5) is 23.7 Å². The Morgan fingerprint density at radius 3 is 2.50 bits per heavy atom. The van der Waals surface area contributed by atoms with E-state index in [0.29, 0.717) is 31.1 Å². The largest absolute Gasteiger partial charge is 0.573 e. The normalized spacial score (nSPS) is 14.5. The molecule has 2 amide bonds. The molecule has 3 rings (SSSR count). The average molecular weight is 367 g/mol. The standard InChI is InChI=1S/C17H16F3N3O3/c18-17(19,20)26-15-5-3-14(4-6-15)25-11-12-9-23(10-12)16(24)22-13-2-1-7-21-8-13/h1-8,12H,9-11H2,(H,22,24). The van der Waals surface area contributed by atoms with Crippen LogP contribution in [-0.2, 0) is 0 Å². The summed E-state index contributed by atoms with van der Waals surface area (Å²) in [5.41, 5.74) is 0.623. The van der Waals surface area contributed by atoms with Crippen LogP contribution >= 0.6 is 0 Å². The molecule has 138 valence electrons. The topological polar surface area (TPSA) is 63.7 Å². The van der Waals surface area contributed by atoms with Crippen molar-refractivity contribution in [1.29, 1.82) is 0 Å². The predicted octanol–water partition coefficient (Wildman–Crippen LogP) is 3.52. The molecule has 0 saturated carbocycles. The fraction of sp³-hybridized carbons (Fsp3) is 0.294. The lowest BCUT2D eigenvalue weighted by atomic mass is 10.0. The summed E-state index contributed by atoms with van der Waals surface area (Å²) in [4.78, 5) is 17.6. The van der Waals surface area contributed by atoms with E-state index in [1.807, 2.05) is 0 Å². The number of anilines is 1. The zero-order valence-corrected chi connectivity index (χ0v) is 13.6. The Balaban J connectivity index is 1.39. The molecular weight excluding hydrogens is 351 g/mol. The SMILES string of the molecule is O=C(Nc1cccnc1)N1CC(COc2ccc(OC(F)(F)F)cc2)C1. The number of nitrogens with zero attached hydrogens (tertiary/aromatic N) is 2. The molecule has 1 saturated heterocycles. The Kier molecular flexibility index (Phi) is 5.15. The van der Waals surface area contributed by atoms with Crippen molar-refractivity contribution in [2.24, 2.45) is 5.92 Å². The monoisotopic (exact) mass is 367 g/mol. The summed E-state index contributed by atoms with van der Waals surface area (Å²) in [5.74, 6) is 0.310. The second-order valence-electron chi connectivity index (χ2n) is 5.77. The highest BCUT2D eigenvalue weighted by Crippen LogP contribution is 2.25. The third kappa shape index (κ3) is 5.01. The molecule has 0 bridgehead atoms. The maximum atomic E-state index is 12.1. The number of aromatic nitrogens is 1. The smallest absolute Gasteiger partial charge is 0.493 e. The number of benzene rings is 1. The molecule has 2 heterocycles. The van der Waals surface area contributed by atoms with Gasteiger partial charge in [-0.2, -0.15) is 0 Å². The Labute approximate surface area is 147 Å². The first-order chi connectivity index (χ1) is 12.4. The van der Waals surface area contributed by atoms with Gasteiger partial charge < -0.3 is 19.7 Å². The number of nitrogens with one attached hydrogen (secondary N) is 1. The van der Waals surface area contributed by atoms with Gasteiger partial charge in [-0.1, -0.05) is 0 Å². The van der Waals surface area contributed by atoms with E-state index in [1.54, 1.807) is 29.4 Å². The molecule has 9 heteroatoms. The first-order valence-corrected chi connectivity index (χ1v) is 7.83. The molecule has 0 unspecified atom stereocenters. The third-order valence-corrected chi connectivity index (χ3v) is 3.70. The molecule has 0 atom stereocenters. The second kappa shape index (κ2) is 7.51. The summed E-state index contributed by atoms with van der Waals surface area (Å²) >= 11 is 0. The maximum Gasteiger partial charge on any atom is 0.573 e. The highest BCUT2D eigenvalue weighted by molar-refractivity contribution is 5.89. The lowest BCUT2D eigenvalue weighted by molar-refractivity contribution is -0.274. The number of alkyl halides is 3. The summed E-state index contributed by atoms with van der Waals surface area (Å²) < 4.78 is 45.6. The van der Waals surface area contributed by atoms with Crippen molar-refractivity contribution in [2.75, 3.05) is 25.0 Å². The van der Waals surface area contributed by atoms with Crippen molar-refractivity contribution in [3.05, 3.63) is 48.8 Å². The first-order valence-electron chi connectivity index (χ1n) is 7.83. The van der Waals surface area contributed by atoms with Crippen LogP contribution in [0.5, 0.6) is 11.5 Å². The molecule has 6 nitrogen and oxygen atoms in total. The summed E-state index contributed by atoms with van der Waals surface area (Å²) in [7, 11) is 0. The van der Waals surface area contributed by atoms with Gasteiger partial charge in [-0.3, -0.25) is 4.98 Å². The van der Waals surface area contributed by atoms with Crippen LogP contribution in [-0.4, -0.2) is 42.0 Å². The van der Waals surface area contributed by atoms with Crippen LogP contribution in [0.1, 0.15) is 0 Å². The van der Waals surface area contributed by atoms with Crippen LogP contribution in [0.2, 0.25) is 0 Å². The summed E-state index contributed by atoms with van der Waals surface area (Å²) in [6.45, 7) is 1.46. The van der Waals surface area contributed by atoms with Gasteiger partial charge in [-0.05, 0) is 36.4 Å². The fourth-order valence-corrected chi connectivity index (χ4v) is 2.43. The van der Waals surface area contributed by atoms with Crippen LogP contribution in [0.3, 0.4) is 0 Å². The second-order valence-corrected chi connectivity index (χ2v) is 5.77. The maximum absolute atomic E-state index is 12.1. The van der Waals surface area contributed by atoms with Gasteiger partial charge in [0.15, 0.2) is 0 Å². The van der Waals surface area contributed by atoms with Gasteiger partial charge in [0.25, 0.3) is 0 Å². The molecular formula is C17H16F3N3O3. The third-order valence-electron chi connectivity index (χ3n) is 3.70. The van der Waals surface area contributed by atoms with Gasteiger partial charge in [0.05, 0.1) is 18.5 Å². The number of ether oxygens (including phenoxy) is 2. The van der Waals surface area contributed by atoms with Gasteiger partial charge in [0, 0.05) is 25.2 Å². The molecule has 0 radical (unpaired) electrons. The zero-order valence-electron chi connectivity index (χ0n) is 13.6. The number of carbonyl (C=O) groups is 1. The number of pyridine rings is 1. The summed E-state index contributed by atoms with van der Waals surface area (Å²) in [6.07, 6.45) is -1.53. The van der Waals surface area contributed by atoms with E-state index in [9.17, 15) is 18.0 Å². The van der Waals surface area contributed by atoms with E-state index < -0.39 is 6.36 Å². The van der Waals surface area contributed by atoms with E-state index in [0.717, 1.165) is 0 Å². The molecule has 2 aromatic rings. The van der Waals surface area contributed by atoms with Gasteiger partial charge >= 0.3 is 12.4 Å². The van der Waals surface area contributed by atoms with Crippen molar-refractivity contribution < 1.29 is 27.4 Å². The molecule has 1 aliphatic heterocycles. The lowest BCUT2D eigenvalue weighted by Crippen LogP contribution is -2.53. The van der Waals surface area contributed by atoms with Crippen LogP contribution in [0.15, 0.2) is 48.8 Å². The Morgan fingerprint density at radius 2 is 1.88 bits per heavy atom. The van der Waals surface area contributed by atoms with Gasteiger partial charge in [-0.25, -0.2) is 4.79 Å². The Morgan fingerprint density at radius 1 is 1.19 bits per heavy atom. The minimum absolute atomic E-state index is 0.167. The minimum atomic E-state index is -4.71. The number of halogens is 3. The number of hydrogen-bond donors (Lipinski definition) is 1. The van der Waals surface area contributed by atoms with Crippen molar-refractivity contribution in [1.82, 2.24) is 9.88 Å². The molecule has 1 aromatic heterocycles. The first kappa shape index (κ1) is 17.8. The molecule has 1 aliphatic rings. The highest BCUT2D eigenvalue weighted by atomic mass is 19.4. The number of hydrogen-bond acceptors (Lipinski definition) is 4. The number of rotatable bonds is 5. The quantitative estimate of drug-likeness (QED) is 0.878. The Bertz CT molecular complexity index is 732. The van der Waals surface area contributed by atoms with Crippen molar-refractivity contribution in [3.8, 4) is 11.5 Å². The predicted molar refractivity (Wildman–Crippen MR) is 86.9 cm³/mol. The van der Waals surface area contributed by atoms with Crippen molar-refractivity contribution in [3.63, 3.8) is 0 Å². The number of urea groups is 1. The Hall–Kier alpha value is -2.97. The van der Waals surface area contributed by atoms with E-state index in [2.05, 4.69) is 15.0 Å². The number of likely N-dealkylation sites (tertiary alicyclic amines) is 1. The molecule has 1 fully saturated rings. The van der Waals surface area contributed by atoms with Crippen LogP contribution in [0, 0.1) is 5.92 Å². The molecule has 1 aromatic carbocycles. The lowest BCUT2D eigenvalue weighted by Gasteiger charge is -2.38. The number of amides is 2. The molecule has 26 heavy (non-hydrogen) atoms. The van der Waals surface area contributed by atoms with Gasteiger partial charge in [0.1, 0.15) is 11.5 Å². The van der Waals surface area contributed by atoms with E-state index in [1.165, 1.54) is 24.3 Å². The van der Waals surface area contributed by atoms with Crippen molar-refractivity contribution >= 4 is 11.7 Å². The van der Waals surface area contributed by atoms with Gasteiger partial charge in [-0.15, -0.1) is 13.2 Å². The molecule has 0 aliphatic carbocycles. The minimum Gasteiger partial charge on any atom is -0.493 e. The van der Waals surface area contributed by atoms with Gasteiger partial charge in [0.2, 0.25) is 0 Å². The average Bonchev–Trinajstić information content (AvgIpc) is 2.54. The summed E-state index contributed by atoms with van der Waals surface area (Å²) in [5, 5.41) is 2.74. The fourth-order valence-electron chi connectivity index (χ4n) is 2.43. The van der Waals surface area contributed by atoms with E-state index in [4.69, 9.17) is 4.74 Å². The van der Waals surface area contributed by atoms with E-state index in [-0.39, 0.29) is 17.7 Å². The molecule has 1 N–H and O–H groups in total. The van der Waals surface area contributed by atoms with Crippen LogP contribution < -0.4 is 14.8 Å². The molecule has 0 spiro atoms.